The Morgan fingerprint density at radius 3 is 2.53 bits per heavy atom. The molecule has 98 valence electrons. The predicted molar refractivity (Wildman–Crippen MR) is 72.0 cm³/mol. The van der Waals surface area contributed by atoms with Gasteiger partial charge in [-0.2, -0.15) is 0 Å². The van der Waals surface area contributed by atoms with Gasteiger partial charge in [-0.1, -0.05) is 0 Å². The molecule has 0 fully saturated rings. The maximum Gasteiger partial charge on any atom is 0.354 e. The van der Waals surface area contributed by atoms with Crippen LogP contribution in [0.5, 0.6) is 17.2 Å². The van der Waals surface area contributed by atoms with E-state index in [0.717, 1.165) is 4.47 Å². The van der Waals surface area contributed by atoms with Gasteiger partial charge in [-0.15, -0.1) is 0 Å². The van der Waals surface area contributed by atoms with Gasteiger partial charge in [0.15, 0.2) is 0 Å². The van der Waals surface area contributed by atoms with Crippen LogP contribution in [0.4, 0.5) is 0 Å². The molecule has 0 unspecified atom stereocenters. The molecule has 0 saturated heterocycles. The summed E-state index contributed by atoms with van der Waals surface area (Å²) in [6.45, 7) is 0. The molecule has 19 heavy (non-hydrogen) atoms. The van der Waals surface area contributed by atoms with Crippen LogP contribution in [-0.2, 0) is 0 Å². The number of nitrogens with zero attached hydrogens (tertiary/aromatic N) is 1. The van der Waals surface area contributed by atoms with E-state index >= 15 is 0 Å². The summed E-state index contributed by atoms with van der Waals surface area (Å²) in [5.74, 6) is 0.678. The second kappa shape index (κ2) is 5.71. The Hall–Kier alpha value is -2.08. The molecular formula is C13H10BrNO4. The number of aromatic carboxylic acids is 1. The Morgan fingerprint density at radius 1 is 1.26 bits per heavy atom. The second-order valence-electron chi connectivity index (χ2n) is 3.58. The van der Waals surface area contributed by atoms with Crippen molar-refractivity contribution in [1.82, 2.24) is 4.98 Å². The normalized spacial score (nSPS) is 10.0. The molecular weight excluding hydrogens is 314 g/mol. The van der Waals surface area contributed by atoms with E-state index in [1.54, 1.807) is 31.4 Å². The Morgan fingerprint density at radius 2 is 2.00 bits per heavy atom. The number of carboxylic acids is 1. The highest BCUT2D eigenvalue weighted by atomic mass is 79.9. The summed E-state index contributed by atoms with van der Waals surface area (Å²) in [6, 6.07) is 8.21. The maximum absolute atomic E-state index is 10.7. The van der Waals surface area contributed by atoms with Crippen molar-refractivity contribution in [1.29, 1.82) is 0 Å². The highest BCUT2D eigenvalue weighted by Gasteiger charge is 2.07. The lowest BCUT2D eigenvalue weighted by atomic mass is 10.3. The zero-order valence-electron chi connectivity index (χ0n) is 9.96. The molecule has 0 aliphatic rings. The first-order valence-electron chi connectivity index (χ1n) is 5.31. The van der Waals surface area contributed by atoms with Crippen LogP contribution in [0, 0.1) is 0 Å². The van der Waals surface area contributed by atoms with Crippen LogP contribution in [-0.4, -0.2) is 23.2 Å². The first kappa shape index (κ1) is 13.4. The van der Waals surface area contributed by atoms with Gasteiger partial charge in [-0.3, -0.25) is 0 Å². The van der Waals surface area contributed by atoms with E-state index in [1.807, 2.05) is 0 Å². The third-order valence-corrected chi connectivity index (χ3v) is 2.94. The zero-order valence-corrected chi connectivity index (χ0v) is 11.5. The standard InChI is InChI=1S/C13H10BrNO4/c1-18-8-3-5-12(10(14)6-8)19-9-2-4-11(13(16)17)15-7-9/h2-7H,1H3,(H,16,17). The molecule has 5 nitrogen and oxygen atoms in total. The van der Waals surface area contributed by atoms with Crippen LogP contribution in [0.1, 0.15) is 10.5 Å². The van der Waals surface area contributed by atoms with Gasteiger partial charge in [-0.25, -0.2) is 9.78 Å². The van der Waals surface area contributed by atoms with E-state index < -0.39 is 5.97 Å². The lowest BCUT2D eigenvalue weighted by Gasteiger charge is -2.08. The minimum absolute atomic E-state index is 0.0267. The SMILES string of the molecule is COc1ccc(Oc2ccc(C(=O)O)nc2)c(Br)c1. The van der Waals surface area contributed by atoms with Gasteiger partial charge in [0.05, 0.1) is 17.8 Å². The average Bonchev–Trinajstić information content (AvgIpc) is 2.41. The number of ether oxygens (including phenoxy) is 2. The summed E-state index contributed by atoms with van der Waals surface area (Å²) in [6.07, 6.45) is 1.36. The van der Waals surface area contributed by atoms with Crippen LogP contribution >= 0.6 is 15.9 Å². The van der Waals surface area contributed by atoms with Gasteiger partial charge < -0.3 is 14.6 Å². The lowest BCUT2D eigenvalue weighted by molar-refractivity contribution is 0.0690. The van der Waals surface area contributed by atoms with E-state index in [-0.39, 0.29) is 5.69 Å². The second-order valence-corrected chi connectivity index (χ2v) is 4.44. The van der Waals surface area contributed by atoms with Crippen LogP contribution in [0.15, 0.2) is 41.0 Å². The van der Waals surface area contributed by atoms with Gasteiger partial charge in [0, 0.05) is 0 Å². The zero-order chi connectivity index (χ0) is 13.8. The maximum atomic E-state index is 10.7. The number of hydrogen-bond donors (Lipinski definition) is 1. The van der Waals surface area contributed by atoms with Crippen LogP contribution in [0.3, 0.4) is 0 Å². The number of hydrogen-bond acceptors (Lipinski definition) is 4. The third-order valence-electron chi connectivity index (χ3n) is 2.32. The van der Waals surface area contributed by atoms with Crippen LogP contribution in [0.2, 0.25) is 0 Å². The van der Waals surface area contributed by atoms with Crippen molar-refractivity contribution in [3.63, 3.8) is 0 Å². The molecule has 0 aliphatic heterocycles. The largest absolute Gasteiger partial charge is 0.497 e. The smallest absolute Gasteiger partial charge is 0.354 e. The fraction of sp³-hybridized carbons (Fsp3) is 0.0769. The number of rotatable bonds is 4. The summed E-state index contributed by atoms with van der Waals surface area (Å²) in [5.41, 5.74) is -0.0267. The Kier molecular flexibility index (Phi) is 4.01. The van der Waals surface area contributed by atoms with Crippen molar-refractivity contribution in [3.8, 4) is 17.2 Å². The quantitative estimate of drug-likeness (QED) is 0.934. The van der Waals surface area contributed by atoms with E-state index in [0.29, 0.717) is 17.2 Å². The molecule has 2 rings (SSSR count). The number of halogens is 1. The molecule has 0 atom stereocenters. The lowest BCUT2D eigenvalue weighted by Crippen LogP contribution is -1.99. The first-order valence-corrected chi connectivity index (χ1v) is 6.10. The fourth-order valence-corrected chi connectivity index (χ4v) is 1.82. The molecule has 0 saturated carbocycles. The van der Waals surface area contributed by atoms with Crippen molar-refractivity contribution in [3.05, 3.63) is 46.7 Å². The number of methoxy groups -OCH3 is 1. The summed E-state index contributed by atoms with van der Waals surface area (Å²) in [5, 5.41) is 8.74. The molecule has 0 aliphatic carbocycles. The summed E-state index contributed by atoms with van der Waals surface area (Å²) in [4.78, 5) is 14.4. The molecule has 1 heterocycles. The number of pyridine rings is 1. The topological polar surface area (TPSA) is 68.7 Å². The summed E-state index contributed by atoms with van der Waals surface area (Å²) >= 11 is 3.36. The Labute approximate surface area is 117 Å². The Balaban J connectivity index is 2.19. The third kappa shape index (κ3) is 3.23. The van der Waals surface area contributed by atoms with E-state index in [1.165, 1.54) is 12.3 Å². The van der Waals surface area contributed by atoms with Gasteiger partial charge in [0.25, 0.3) is 0 Å². The molecule has 1 aromatic carbocycles. The molecule has 6 heteroatoms. The van der Waals surface area contributed by atoms with E-state index in [9.17, 15) is 4.79 Å². The highest BCUT2D eigenvalue weighted by Crippen LogP contribution is 2.32. The highest BCUT2D eigenvalue weighted by molar-refractivity contribution is 9.10. The fourth-order valence-electron chi connectivity index (χ4n) is 1.39. The molecule has 0 amide bonds. The minimum atomic E-state index is -1.07. The minimum Gasteiger partial charge on any atom is -0.497 e. The van der Waals surface area contributed by atoms with E-state index in [4.69, 9.17) is 14.6 Å². The number of carbonyl (C=O) groups is 1. The van der Waals surface area contributed by atoms with Gasteiger partial charge in [0.2, 0.25) is 0 Å². The monoisotopic (exact) mass is 323 g/mol. The summed E-state index contributed by atoms with van der Waals surface area (Å²) in [7, 11) is 1.58. The van der Waals surface area contributed by atoms with Crippen molar-refractivity contribution >= 4 is 21.9 Å². The molecule has 1 N–H and O–H groups in total. The number of benzene rings is 1. The predicted octanol–water partition coefficient (Wildman–Crippen LogP) is 3.34. The summed E-state index contributed by atoms with van der Waals surface area (Å²) < 4.78 is 11.4. The molecule has 1 aromatic heterocycles. The van der Waals surface area contributed by atoms with Crippen LogP contribution in [0.25, 0.3) is 0 Å². The van der Waals surface area contributed by atoms with E-state index in [2.05, 4.69) is 20.9 Å². The molecule has 0 bridgehead atoms. The van der Waals surface area contributed by atoms with Gasteiger partial charge in [0.1, 0.15) is 22.9 Å². The first-order chi connectivity index (χ1) is 9.10. The Bertz CT molecular complexity index is 598. The van der Waals surface area contributed by atoms with Crippen molar-refractivity contribution in [2.45, 2.75) is 0 Å². The molecule has 2 aromatic rings. The van der Waals surface area contributed by atoms with Gasteiger partial charge >= 0.3 is 5.97 Å². The van der Waals surface area contributed by atoms with Crippen LogP contribution < -0.4 is 9.47 Å². The molecule has 0 radical (unpaired) electrons. The van der Waals surface area contributed by atoms with Crippen molar-refractivity contribution < 1.29 is 19.4 Å². The van der Waals surface area contributed by atoms with Crippen molar-refractivity contribution in [2.75, 3.05) is 7.11 Å². The number of carboxylic acid groups (broad SMARTS) is 1. The number of aromatic nitrogens is 1. The van der Waals surface area contributed by atoms with Gasteiger partial charge in [-0.05, 0) is 46.3 Å². The van der Waals surface area contributed by atoms with Crippen molar-refractivity contribution in [2.24, 2.45) is 0 Å². The average molecular weight is 324 g/mol. The molecule has 0 spiro atoms.